The van der Waals surface area contributed by atoms with E-state index in [0.717, 1.165) is 5.69 Å². The molecule has 2 aliphatic heterocycles. The van der Waals surface area contributed by atoms with E-state index in [0.29, 0.717) is 33.5 Å². The summed E-state index contributed by atoms with van der Waals surface area (Å²) in [7, 11) is 0.0899. The minimum atomic E-state index is -3.34. The maximum Gasteiger partial charge on any atom is 0.265 e. The average Bonchev–Trinajstić information content (AvgIpc) is 3.43. The summed E-state index contributed by atoms with van der Waals surface area (Å²) >= 11 is 0. The maximum absolute atomic E-state index is 14.3. The lowest BCUT2D eigenvalue weighted by Crippen LogP contribution is -2.49. The number of carbonyl (C=O) groups excluding carboxylic acids is 1. The van der Waals surface area contributed by atoms with Gasteiger partial charge < -0.3 is 9.47 Å². The molecule has 0 bridgehead atoms. The van der Waals surface area contributed by atoms with Gasteiger partial charge in [-0.25, -0.2) is 31.5 Å². The highest BCUT2D eigenvalue weighted by atomic mass is 32.2. The van der Waals surface area contributed by atoms with Crippen molar-refractivity contribution < 1.29 is 22.0 Å². The van der Waals surface area contributed by atoms with Gasteiger partial charge in [-0.15, -0.1) is 0 Å². The van der Waals surface area contributed by atoms with Gasteiger partial charge >= 0.3 is 0 Å². The molecule has 4 aromatic rings. The molecule has 5 heterocycles. The van der Waals surface area contributed by atoms with Crippen LogP contribution in [-0.2, 0) is 28.4 Å². The van der Waals surface area contributed by atoms with E-state index in [4.69, 9.17) is 4.98 Å². The van der Waals surface area contributed by atoms with E-state index in [1.807, 2.05) is 10.6 Å². The number of benzene rings is 1. The smallest absolute Gasteiger partial charge is 0.265 e. The standard InChI is InChI=1S/C26H27F2N7O3S/c1-14-26(36)32(2)13-21-23(31-25(35(14)21)16-11-34(12-16)39(4,37)38)17-6-5-7-20-18(17)8-19(24(27)28)22(30-20)15-9-29-33(3)10-15/h5-10,14,16,24H,11-13H2,1-4H3/t14-/m0/s1. The highest BCUT2D eigenvalue weighted by molar-refractivity contribution is 7.88. The first-order valence-corrected chi connectivity index (χ1v) is 14.3. The second-order valence-corrected chi connectivity index (χ2v) is 12.3. The summed E-state index contributed by atoms with van der Waals surface area (Å²) in [6.07, 6.45) is 1.56. The van der Waals surface area contributed by atoms with Gasteiger partial charge in [0.25, 0.3) is 6.43 Å². The molecule has 6 rings (SSSR count). The molecule has 1 amide bonds. The number of sulfonamides is 1. The molecule has 204 valence electrons. The van der Waals surface area contributed by atoms with Gasteiger partial charge in [-0.2, -0.15) is 5.10 Å². The summed E-state index contributed by atoms with van der Waals surface area (Å²) in [6, 6.07) is 6.32. The van der Waals surface area contributed by atoms with E-state index in [1.54, 1.807) is 44.2 Å². The number of likely N-dealkylation sites (N-methyl/N-ethyl adjacent to an activating group) is 1. The number of hydrogen-bond acceptors (Lipinski definition) is 6. The number of alkyl halides is 2. The number of aryl methyl sites for hydroxylation is 1. The molecular formula is C26H27F2N7O3S. The Kier molecular flexibility index (Phi) is 5.84. The fourth-order valence-electron chi connectivity index (χ4n) is 5.54. The van der Waals surface area contributed by atoms with Crippen molar-refractivity contribution in [2.45, 2.75) is 31.9 Å². The van der Waals surface area contributed by atoms with Crippen molar-refractivity contribution in [3.63, 3.8) is 0 Å². The number of fused-ring (bicyclic) bond motifs is 2. The molecule has 1 fully saturated rings. The van der Waals surface area contributed by atoms with Crippen LogP contribution in [0.3, 0.4) is 0 Å². The van der Waals surface area contributed by atoms with Crippen LogP contribution in [0.4, 0.5) is 8.78 Å². The number of imidazole rings is 1. The number of pyridine rings is 1. The number of hydrogen-bond donors (Lipinski definition) is 0. The quantitative estimate of drug-likeness (QED) is 0.374. The fourth-order valence-corrected chi connectivity index (χ4v) is 6.44. The van der Waals surface area contributed by atoms with Crippen molar-refractivity contribution in [1.82, 2.24) is 33.5 Å². The third-order valence-electron chi connectivity index (χ3n) is 7.58. The number of halogens is 2. The van der Waals surface area contributed by atoms with E-state index in [2.05, 4.69) is 10.1 Å². The highest BCUT2D eigenvalue weighted by Crippen LogP contribution is 2.41. The molecule has 0 spiro atoms. The zero-order chi connectivity index (χ0) is 27.8. The van der Waals surface area contributed by atoms with Crippen molar-refractivity contribution in [2.75, 3.05) is 26.4 Å². The Morgan fingerprint density at radius 2 is 1.85 bits per heavy atom. The average molecular weight is 556 g/mol. The van der Waals surface area contributed by atoms with Crippen molar-refractivity contribution in [1.29, 1.82) is 0 Å². The monoisotopic (exact) mass is 555 g/mol. The normalized spacial score (nSPS) is 18.7. The van der Waals surface area contributed by atoms with Gasteiger partial charge in [-0.1, -0.05) is 12.1 Å². The number of carbonyl (C=O) groups is 1. The zero-order valence-corrected chi connectivity index (χ0v) is 22.7. The Hall–Kier alpha value is -3.71. The van der Waals surface area contributed by atoms with E-state index >= 15 is 0 Å². The number of rotatable bonds is 5. The van der Waals surface area contributed by atoms with Gasteiger partial charge in [0.2, 0.25) is 15.9 Å². The van der Waals surface area contributed by atoms with Gasteiger partial charge in [0.15, 0.2) is 0 Å². The number of aromatic nitrogens is 5. The van der Waals surface area contributed by atoms with Gasteiger partial charge in [-0.3, -0.25) is 9.48 Å². The van der Waals surface area contributed by atoms with E-state index in [1.165, 1.54) is 27.5 Å². The van der Waals surface area contributed by atoms with Crippen molar-refractivity contribution in [3.05, 3.63) is 53.7 Å². The molecule has 0 N–H and O–H groups in total. The summed E-state index contributed by atoms with van der Waals surface area (Å²) in [4.78, 5) is 24.1. The summed E-state index contributed by atoms with van der Waals surface area (Å²) in [5.74, 6) is 0.361. The molecule has 0 unspecified atom stereocenters. The molecule has 39 heavy (non-hydrogen) atoms. The maximum atomic E-state index is 14.3. The van der Waals surface area contributed by atoms with Crippen LogP contribution in [0.15, 0.2) is 36.7 Å². The largest absolute Gasteiger partial charge is 0.338 e. The van der Waals surface area contributed by atoms with E-state index < -0.39 is 22.5 Å². The first-order valence-electron chi connectivity index (χ1n) is 12.5. The molecule has 0 radical (unpaired) electrons. The number of amides is 1. The minimum Gasteiger partial charge on any atom is -0.338 e. The highest BCUT2D eigenvalue weighted by Gasteiger charge is 2.41. The molecule has 0 saturated carbocycles. The molecule has 0 aliphatic carbocycles. The van der Waals surface area contributed by atoms with Crippen LogP contribution >= 0.6 is 0 Å². The van der Waals surface area contributed by atoms with Gasteiger partial charge in [0, 0.05) is 61.4 Å². The summed E-state index contributed by atoms with van der Waals surface area (Å²) in [6.45, 7) is 2.62. The second-order valence-electron chi connectivity index (χ2n) is 10.3. The van der Waals surface area contributed by atoms with Crippen molar-refractivity contribution >= 4 is 26.8 Å². The third kappa shape index (κ3) is 4.11. The fraction of sp³-hybridized carbons (Fsp3) is 0.385. The summed E-state index contributed by atoms with van der Waals surface area (Å²) in [5, 5.41) is 4.63. The number of nitrogens with zero attached hydrogens (tertiary/aromatic N) is 7. The Labute approximate surface area is 223 Å². The molecule has 2 aliphatic rings. The molecule has 3 aromatic heterocycles. The van der Waals surface area contributed by atoms with Crippen LogP contribution in [0.5, 0.6) is 0 Å². The lowest BCUT2D eigenvalue weighted by atomic mass is 9.99. The Bertz CT molecular complexity index is 1740. The van der Waals surface area contributed by atoms with Gasteiger partial charge in [0.1, 0.15) is 11.9 Å². The Morgan fingerprint density at radius 1 is 1.10 bits per heavy atom. The minimum absolute atomic E-state index is 0.0762. The summed E-state index contributed by atoms with van der Waals surface area (Å²) < 4.78 is 57.4. The molecular weight excluding hydrogens is 528 g/mol. The molecule has 13 heteroatoms. The van der Waals surface area contributed by atoms with E-state index in [9.17, 15) is 22.0 Å². The van der Waals surface area contributed by atoms with Gasteiger partial charge in [-0.05, 0) is 19.1 Å². The predicted molar refractivity (Wildman–Crippen MR) is 140 cm³/mol. The third-order valence-corrected chi connectivity index (χ3v) is 8.82. The Balaban J connectivity index is 1.54. The summed E-state index contributed by atoms with van der Waals surface area (Å²) in [5.41, 5.74) is 2.97. The van der Waals surface area contributed by atoms with Crippen LogP contribution in [-0.4, -0.2) is 74.2 Å². The van der Waals surface area contributed by atoms with Crippen LogP contribution in [0, 0.1) is 0 Å². The van der Waals surface area contributed by atoms with Crippen molar-refractivity contribution in [3.8, 4) is 22.5 Å². The zero-order valence-electron chi connectivity index (χ0n) is 21.8. The van der Waals surface area contributed by atoms with Gasteiger partial charge in [0.05, 0.1) is 41.6 Å². The molecule has 1 atom stereocenters. The first-order chi connectivity index (χ1) is 18.4. The molecule has 1 saturated heterocycles. The first kappa shape index (κ1) is 25.6. The lowest BCUT2D eigenvalue weighted by molar-refractivity contribution is -0.135. The Morgan fingerprint density at radius 3 is 2.49 bits per heavy atom. The van der Waals surface area contributed by atoms with E-state index in [-0.39, 0.29) is 42.7 Å². The molecule has 1 aromatic carbocycles. The lowest BCUT2D eigenvalue weighted by Gasteiger charge is -2.38. The van der Waals surface area contributed by atoms with Crippen LogP contribution in [0.25, 0.3) is 33.4 Å². The molecule has 10 nitrogen and oxygen atoms in total. The second kappa shape index (κ2) is 8.91. The SMILES string of the molecule is C[C@H]1C(=O)N(C)Cc2c(-c3cccc4nc(-c5cnn(C)c5)c(C(F)F)cc34)nc(C3CN(S(C)(=O)=O)C3)n21. The predicted octanol–water partition coefficient (Wildman–Crippen LogP) is 3.33. The van der Waals surface area contributed by atoms with Crippen molar-refractivity contribution in [2.24, 2.45) is 7.05 Å². The topological polar surface area (TPSA) is 106 Å². The van der Waals surface area contributed by atoms with Crippen LogP contribution < -0.4 is 0 Å². The van der Waals surface area contributed by atoms with Crippen LogP contribution in [0.2, 0.25) is 0 Å². The van der Waals surface area contributed by atoms with Crippen LogP contribution in [0.1, 0.15) is 42.4 Å².